The fourth-order valence-corrected chi connectivity index (χ4v) is 6.17. The van der Waals surface area contributed by atoms with Gasteiger partial charge in [-0.1, -0.05) is 38.0 Å². The van der Waals surface area contributed by atoms with Crippen LogP contribution in [0.2, 0.25) is 0 Å². The van der Waals surface area contributed by atoms with Gasteiger partial charge in [-0.2, -0.15) is 4.31 Å². The summed E-state index contributed by atoms with van der Waals surface area (Å²) in [4.78, 5) is 3.48. The number of likely N-dealkylation sites (N-methyl/N-ethyl adjacent to an activating group) is 1. The number of nitrogens with zero attached hydrogens (tertiary/aromatic N) is 2. The monoisotopic (exact) mass is 460 g/mol. The minimum absolute atomic E-state index is 0.0916. The predicted octanol–water partition coefficient (Wildman–Crippen LogP) is 5.53. The van der Waals surface area contributed by atoms with Gasteiger partial charge in [0.2, 0.25) is 10.0 Å². The summed E-state index contributed by atoms with van der Waals surface area (Å²) in [5.41, 5.74) is 1.75. The molecular weight excluding hydrogens is 428 g/mol. The average Bonchev–Trinajstić information content (AvgIpc) is 3.62. The molecule has 7 heteroatoms. The molecule has 2 aromatic carbocycles. The molecule has 1 atom stereocenters. The number of unbranched alkanes of at least 4 members (excludes halogenated alkanes) is 1. The molecule has 31 heavy (non-hydrogen) atoms. The van der Waals surface area contributed by atoms with Crippen LogP contribution in [0.5, 0.6) is 5.75 Å². The van der Waals surface area contributed by atoms with Gasteiger partial charge in [-0.25, -0.2) is 8.42 Å². The van der Waals surface area contributed by atoms with E-state index in [0.717, 1.165) is 35.5 Å². The molecule has 0 aromatic heterocycles. The zero-order valence-electron chi connectivity index (χ0n) is 18.6. The van der Waals surface area contributed by atoms with Crippen molar-refractivity contribution in [3.63, 3.8) is 0 Å². The Morgan fingerprint density at radius 1 is 1.16 bits per heavy atom. The molecule has 0 amide bonds. The first kappa shape index (κ1) is 22.5. The third kappa shape index (κ3) is 4.73. The molecule has 2 aliphatic rings. The van der Waals surface area contributed by atoms with E-state index in [2.05, 4.69) is 24.0 Å². The molecule has 1 aliphatic heterocycles. The summed E-state index contributed by atoms with van der Waals surface area (Å²) >= 11 is 1.60. The molecule has 0 radical (unpaired) electrons. The van der Waals surface area contributed by atoms with Crippen molar-refractivity contribution < 1.29 is 13.2 Å². The SMILES string of the molecule is CCCCC1CN(c2ccccc2)c2cc(SC)c(OCC3CC3)cc2S(=O)(=O)N1C. The summed E-state index contributed by atoms with van der Waals surface area (Å²) in [6.45, 7) is 3.43. The van der Waals surface area contributed by atoms with Gasteiger partial charge in [0.25, 0.3) is 0 Å². The van der Waals surface area contributed by atoms with E-state index in [1.165, 1.54) is 12.8 Å². The first-order chi connectivity index (χ1) is 15.0. The smallest absolute Gasteiger partial charge is 0.245 e. The molecule has 0 saturated heterocycles. The number of para-hydroxylation sites is 1. The zero-order chi connectivity index (χ0) is 22.0. The number of benzene rings is 2. The Morgan fingerprint density at radius 2 is 1.90 bits per heavy atom. The van der Waals surface area contributed by atoms with Crippen LogP contribution < -0.4 is 9.64 Å². The van der Waals surface area contributed by atoms with Crippen LogP contribution in [0.1, 0.15) is 39.0 Å². The second kappa shape index (κ2) is 9.43. The molecule has 1 fully saturated rings. The summed E-state index contributed by atoms with van der Waals surface area (Å²) in [5, 5.41) is 0. The first-order valence-corrected chi connectivity index (χ1v) is 13.8. The van der Waals surface area contributed by atoms with E-state index >= 15 is 0 Å². The van der Waals surface area contributed by atoms with Crippen LogP contribution in [-0.4, -0.2) is 45.2 Å². The first-order valence-electron chi connectivity index (χ1n) is 11.1. The lowest BCUT2D eigenvalue weighted by atomic mass is 10.1. The lowest BCUT2D eigenvalue weighted by Crippen LogP contribution is -2.40. The number of hydrogen-bond donors (Lipinski definition) is 0. The Labute approximate surface area is 190 Å². The van der Waals surface area contributed by atoms with Gasteiger partial charge in [0.1, 0.15) is 10.6 Å². The van der Waals surface area contributed by atoms with Crippen LogP contribution in [0.15, 0.2) is 52.3 Å². The summed E-state index contributed by atoms with van der Waals surface area (Å²) in [7, 11) is -1.92. The van der Waals surface area contributed by atoms with Crippen LogP contribution in [0.4, 0.5) is 11.4 Å². The maximum Gasteiger partial charge on any atom is 0.245 e. The van der Waals surface area contributed by atoms with E-state index in [0.29, 0.717) is 29.7 Å². The molecule has 0 N–H and O–H groups in total. The van der Waals surface area contributed by atoms with Gasteiger partial charge in [0, 0.05) is 31.4 Å². The van der Waals surface area contributed by atoms with Crippen LogP contribution >= 0.6 is 11.8 Å². The summed E-state index contributed by atoms with van der Waals surface area (Å²) < 4.78 is 35.1. The second-order valence-corrected chi connectivity index (χ2v) is 11.3. The highest BCUT2D eigenvalue weighted by Crippen LogP contribution is 2.44. The fraction of sp³-hybridized carbons (Fsp3) is 0.500. The minimum Gasteiger partial charge on any atom is -0.492 e. The molecule has 1 heterocycles. The molecular formula is C24H32N2O3S2. The number of anilines is 2. The molecule has 2 aromatic rings. The lowest BCUT2D eigenvalue weighted by molar-refractivity contribution is 0.292. The topological polar surface area (TPSA) is 49.9 Å². The van der Waals surface area contributed by atoms with Crippen LogP contribution in [0.3, 0.4) is 0 Å². The zero-order valence-corrected chi connectivity index (χ0v) is 20.2. The predicted molar refractivity (Wildman–Crippen MR) is 128 cm³/mol. The van der Waals surface area contributed by atoms with Crippen molar-refractivity contribution in [3.8, 4) is 5.75 Å². The quantitative estimate of drug-likeness (QED) is 0.485. The van der Waals surface area contributed by atoms with Crippen LogP contribution in [0, 0.1) is 5.92 Å². The Kier molecular flexibility index (Phi) is 6.84. The van der Waals surface area contributed by atoms with E-state index in [1.54, 1.807) is 29.2 Å². The van der Waals surface area contributed by atoms with Crippen molar-refractivity contribution in [1.82, 2.24) is 4.31 Å². The number of rotatable bonds is 8. The third-order valence-corrected chi connectivity index (χ3v) is 8.93. The van der Waals surface area contributed by atoms with Gasteiger partial charge in [0.05, 0.1) is 17.2 Å². The number of thioether (sulfide) groups is 1. The van der Waals surface area contributed by atoms with Crippen molar-refractivity contribution in [1.29, 1.82) is 0 Å². The molecule has 4 rings (SSSR count). The molecule has 5 nitrogen and oxygen atoms in total. The molecule has 0 bridgehead atoms. The number of hydrogen-bond acceptors (Lipinski definition) is 5. The Bertz CT molecular complexity index is 1010. The van der Waals surface area contributed by atoms with Crippen molar-refractivity contribution in [3.05, 3.63) is 42.5 Å². The minimum atomic E-state index is -3.65. The van der Waals surface area contributed by atoms with E-state index < -0.39 is 10.0 Å². The average molecular weight is 461 g/mol. The van der Waals surface area contributed by atoms with Gasteiger partial charge in [-0.15, -0.1) is 11.8 Å². The highest BCUT2D eigenvalue weighted by atomic mass is 32.2. The van der Waals surface area contributed by atoms with E-state index in [4.69, 9.17) is 4.74 Å². The van der Waals surface area contributed by atoms with Gasteiger partial charge >= 0.3 is 0 Å². The summed E-state index contributed by atoms with van der Waals surface area (Å²) in [6, 6.07) is 13.8. The molecule has 1 saturated carbocycles. The van der Waals surface area contributed by atoms with E-state index in [-0.39, 0.29) is 6.04 Å². The molecule has 0 spiro atoms. The van der Waals surface area contributed by atoms with Crippen LogP contribution in [0.25, 0.3) is 0 Å². The standard InChI is InChI=1S/C24H32N2O3S2/c1-4-5-9-20-16-26(19-10-7-6-8-11-19)21-14-23(30-3)22(29-17-18-12-13-18)15-24(21)31(27,28)25(20)2/h6-8,10-11,14-15,18,20H,4-5,9,12-13,16-17H2,1-3H3. The van der Waals surface area contributed by atoms with E-state index in [9.17, 15) is 8.42 Å². The van der Waals surface area contributed by atoms with Gasteiger partial charge in [-0.3, -0.25) is 0 Å². The largest absolute Gasteiger partial charge is 0.492 e. The van der Waals surface area contributed by atoms with Crippen molar-refractivity contribution >= 4 is 33.2 Å². The van der Waals surface area contributed by atoms with Crippen molar-refractivity contribution in [2.75, 3.05) is 31.4 Å². The summed E-state index contributed by atoms with van der Waals surface area (Å²) in [5.74, 6) is 1.28. The summed E-state index contributed by atoms with van der Waals surface area (Å²) in [6.07, 6.45) is 7.28. The van der Waals surface area contributed by atoms with Gasteiger partial charge in [0.15, 0.2) is 0 Å². The Hall–Kier alpha value is -1.70. The van der Waals surface area contributed by atoms with Crippen molar-refractivity contribution in [2.24, 2.45) is 5.92 Å². The fourth-order valence-electron chi connectivity index (χ4n) is 4.05. The Balaban J connectivity index is 1.84. The highest BCUT2D eigenvalue weighted by molar-refractivity contribution is 7.98. The lowest BCUT2D eigenvalue weighted by Gasteiger charge is -2.29. The maximum atomic E-state index is 13.7. The molecule has 1 aliphatic carbocycles. The van der Waals surface area contributed by atoms with E-state index in [1.807, 2.05) is 30.5 Å². The molecule has 168 valence electrons. The van der Waals surface area contributed by atoms with Crippen LogP contribution in [-0.2, 0) is 10.0 Å². The number of fused-ring (bicyclic) bond motifs is 1. The highest BCUT2D eigenvalue weighted by Gasteiger charge is 2.37. The second-order valence-electron chi connectivity index (χ2n) is 8.49. The van der Waals surface area contributed by atoms with Gasteiger partial charge < -0.3 is 9.64 Å². The maximum absolute atomic E-state index is 13.7. The molecule has 1 unspecified atom stereocenters. The van der Waals surface area contributed by atoms with Crippen molar-refractivity contribution in [2.45, 2.75) is 54.9 Å². The van der Waals surface area contributed by atoms with Gasteiger partial charge in [-0.05, 0) is 49.6 Å². The number of sulfonamides is 1. The normalized spacial score (nSPS) is 20.9. The third-order valence-electron chi connectivity index (χ3n) is 6.23. The number of ether oxygens (including phenoxy) is 1. The Morgan fingerprint density at radius 3 is 2.55 bits per heavy atom.